The van der Waals surface area contributed by atoms with Gasteiger partial charge in [0.15, 0.2) is 5.16 Å². The van der Waals surface area contributed by atoms with Crippen molar-refractivity contribution in [2.45, 2.75) is 32.3 Å². The Balaban J connectivity index is 1.57. The molecule has 0 atom stereocenters. The van der Waals surface area contributed by atoms with Crippen molar-refractivity contribution in [3.05, 3.63) is 99.3 Å². The average molecular weight is 521 g/mol. The van der Waals surface area contributed by atoms with Crippen LogP contribution >= 0.6 is 27.7 Å². The lowest BCUT2D eigenvalue weighted by molar-refractivity contribution is -0.113. The Kier molecular flexibility index (Phi) is 7.30. The number of aromatic nitrogens is 3. The van der Waals surface area contributed by atoms with Gasteiger partial charge in [-0.1, -0.05) is 64.1 Å². The fourth-order valence-electron chi connectivity index (χ4n) is 3.46. The van der Waals surface area contributed by atoms with Gasteiger partial charge in [0.1, 0.15) is 5.82 Å². The van der Waals surface area contributed by atoms with E-state index in [1.807, 2.05) is 43.3 Å². The second-order valence-corrected chi connectivity index (χ2v) is 9.76. The van der Waals surface area contributed by atoms with Crippen LogP contribution in [0.4, 0.5) is 5.69 Å². The summed E-state index contributed by atoms with van der Waals surface area (Å²) in [6, 6.07) is 22.3. The lowest BCUT2D eigenvalue weighted by Gasteiger charge is -2.12. The zero-order chi connectivity index (χ0) is 23.4. The Bertz CT molecular complexity index is 1290. The van der Waals surface area contributed by atoms with Gasteiger partial charge < -0.3 is 5.32 Å². The largest absolute Gasteiger partial charge is 0.325 e. The molecule has 168 valence electrons. The minimum absolute atomic E-state index is 0.0824. The van der Waals surface area contributed by atoms with Gasteiger partial charge in [-0.25, -0.2) is 0 Å². The number of hydrogen-bond donors (Lipinski definition) is 1. The fraction of sp³-hybridized carbons (Fsp3) is 0.192. The second kappa shape index (κ2) is 10.4. The molecule has 7 heteroatoms. The first-order valence-electron chi connectivity index (χ1n) is 10.7. The molecule has 0 saturated carbocycles. The Hall–Kier alpha value is -2.90. The first-order chi connectivity index (χ1) is 15.9. The number of carbonyl (C=O) groups excluding carboxylic acids is 1. The van der Waals surface area contributed by atoms with Crippen LogP contribution in [0, 0.1) is 20.8 Å². The van der Waals surface area contributed by atoms with Crippen molar-refractivity contribution in [2.24, 2.45) is 0 Å². The van der Waals surface area contributed by atoms with Crippen LogP contribution in [0.1, 0.15) is 28.1 Å². The van der Waals surface area contributed by atoms with Gasteiger partial charge in [0.25, 0.3) is 0 Å². The molecule has 5 nitrogen and oxygen atoms in total. The van der Waals surface area contributed by atoms with Crippen LogP contribution in [0.5, 0.6) is 0 Å². The van der Waals surface area contributed by atoms with E-state index in [4.69, 9.17) is 0 Å². The van der Waals surface area contributed by atoms with E-state index in [1.54, 1.807) is 0 Å². The predicted molar refractivity (Wildman–Crippen MR) is 138 cm³/mol. The number of carbonyl (C=O) groups is 1. The third-order valence-electron chi connectivity index (χ3n) is 5.43. The van der Waals surface area contributed by atoms with E-state index in [9.17, 15) is 4.79 Å². The summed E-state index contributed by atoms with van der Waals surface area (Å²) >= 11 is 4.87. The van der Waals surface area contributed by atoms with Crippen LogP contribution in [0.3, 0.4) is 0 Å². The number of thioether (sulfide) groups is 1. The van der Waals surface area contributed by atoms with E-state index in [-0.39, 0.29) is 11.7 Å². The van der Waals surface area contributed by atoms with Crippen molar-refractivity contribution in [3.8, 4) is 5.69 Å². The van der Waals surface area contributed by atoms with Crippen molar-refractivity contribution in [3.63, 3.8) is 0 Å². The summed E-state index contributed by atoms with van der Waals surface area (Å²) in [6.45, 7) is 6.19. The zero-order valence-corrected chi connectivity index (χ0v) is 21.2. The number of aryl methyl sites for hydroxylation is 3. The van der Waals surface area contributed by atoms with Gasteiger partial charge in [-0.15, -0.1) is 10.2 Å². The molecule has 1 heterocycles. The van der Waals surface area contributed by atoms with E-state index >= 15 is 0 Å². The van der Waals surface area contributed by atoms with Gasteiger partial charge in [0.2, 0.25) is 5.91 Å². The summed E-state index contributed by atoms with van der Waals surface area (Å²) in [5, 5.41) is 12.6. The normalized spacial score (nSPS) is 10.9. The van der Waals surface area contributed by atoms with Crippen LogP contribution in [-0.4, -0.2) is 26.4 Å². The van der Waals surface area contributed by atoms with Crippen molar-refractivity contribution < 1.29 is 4.79 Å². The van der Waals surface area contributed by atoms with Crippen molar-refractivity contribution in [1.29, 1.82) is 0 Å². The molecular weight excluding hydrogens is 496 g/mol. The number of halogens is 1. The third kappa shape index (κ3) is 5.72. The lowest BCUT2D eigenvalue weighted by Crippen LogP contribution is -2.15. The molecule has 4 rings (SSSR count). The highest BCUT2D eigenvalue weighted by Gasteiger charge is 2.17. The molecule has 1 N–H and O–H groups in total. The Morgan fingerprint density at radius 1 is 0.939 bits per heavy atom. The summed E-state index contributed by atoms with van der Waals surface area (Å²) in [6.07, 6.45) is 0.658. The first kappa shape index (κ1) is 23.3. The topological polar surface area (TPSA) is 59.8 Å². The minimum atomic E-state index is -0.0824. The van der Waals surface area contributed by atoms with Crippen LogP contribution in [0.2, 0.25) is 0 Å². The zero-order valence-electron chi connectivity index (χ0n) is 18.8. The molecule has 0 aliphatic carbocycles. The molecule has 0 unspecified atom stereocenters. The quantitative estimate of drug-likeness (QED) is 0.291. The molecular formula is C26H25BrN4OS. The van der Waals surface area contributed by atoms with Crippen LogP contribution in [0.25, 0.3) is 5.69 Å². The highest BCUT2D eigenvalue weighted by atomic mass is 79.9. The van der Waals surface area contributed by atoms with E-state index in [2.05, 4.69) is 80.2 Å². The van der Waals surface area contributed by atoms with Gasteiger partial charge >= 0.3 is 0 Å². The molecule has 0 spiro atoms. The number of nitrogens with one attached hydrogen (secondary N) is 1. The number of amides is 1. The highest BCUT2D eigenvalue weighted by molar-refractivity contribution is 9.10. The maximum atomic E-state index is 12.6. The van der Waals surface area contributed by atoms with Gasteiger partial charge in [-0.2, -0.15) is 0 Å². The van der Waals surface area contributed by atoms with Gasteiger partial charge in [0.05, 0.1) is 5.75 Å². The lowest BCUT2D eigenvalue weighted by atomic mass is 10.1. The maximum Gasteiger partial charge on any atom is 0.234 e. The fourth-order valence-corrected chi connectivity index (χ4v) is 4.48. The van der Waals surface area contributed by atoms with E-state index in [0.717, 1.165) is 32.8 Å². The summed E-state index contributed by atoms with van der Waals surface area (Å²) in [5.74, 6) is 1.00. The minimum Gasteiger partial charge on any atom is -0.325 e. The molecule has 4 aromatic rings. The first-order valence-corrected chi connectivity index (χ1v) is 12.4. The van der Waals surface area contributed by atoms with Gasteiger partial charge in [-0.05, 0) is 73.4 Å². The Morgan fingerprint density at radius 2 is 1.73 bits per heavy atom. The van der Waals surface area contributed by atoms with Crippen molar-refractivity contribution >= 4 is 39.3 Å². The highest BCUT2D eigenvalue weighted by Crippen LogP contribution is 2.26. The Labute approximate surface area is 206 Å². The Morgan fingerprint density at radius 3 is 2.45 bits per heavy atom. The molecule has 0 saturated heterocycles. The van der Waals surface area contributed by atoms with Crippen LogP contribution in [-0.2, 0) is 11.2 Å². The van der Waals surface area contributed by atoms with Crippen molar-refractivity contribution in [1.82, 2.24) is 14.8 Å². The van der Waals surface area contributed by atoms with E-state index < -0.39 is 0 Å². The molecule has 0 radical (unpaired) electrons. The number of hydrogen-bond acceptors (Lipinski definition) is 4. The van der Waals surface area contributed by atoms with Gasteiger partial charge in [-0.3, -0.25) is 9.36 Å². The molecule has 0 fully saturated rings. The molecule has 0 bridgehead atoms. The monoisotopic (exact) mass is 520 g/mol. The van der Waals surface area contributed by atoms with Crippen molar-refractivity contribution in [2.75, 3.05) is 11.1 Å². The number of rotatable bonds is 7. The van der Waals surface area contributed by atoms with Crippen LogP contribution in [0.15, 0.2) is 76.4 Å². The number of anilines is 1. The van der Waals surface area contributed by atoms with E-state index in [1.165, 1.54) is 22.9 Å². The molecule has 3 aromatic carbocycles. The van der Waals surface area contributed by atoms with Crippen LogP contribution < -0.4 is 5.32 Å². The summed E-state index contributed by atoms with van der Waals surface area (Å²) in [5.41, 5.74) is 6.44. The SMILES string of the molecule is Cc1ccc(-n2c(Cc3ccccc3)nnc2SCC(=O)Nc2ccc(Br)c(C)c2)cc1C. The standard InChI is InChI=1S/C26H25BrN4OS/c1-17-9-11-22(14-18(17)2)31-24(15-20-7-5-4-6-8-20)29-30-26(31)33-16-25(32)28-21-10-12-23(27)19(3)13-21/h4-14H,15-16H2,1-3H3,(H,28,32). The molecule has 0 aliphatic rings. The maximum absolute atomic E-state index is 12.6. The summed E-state index contributed by atoms with van der Waals surface area (Å²) in [7, 11) is 0. The molecule has 0 aliphatic heterocycles. The smallest absolute Gasteiger partial charge is 0.234 e. The molecule has 1 amide bonds. The van der Waals surface area contributed by atoms with Gasteiger partial charge in [0, 0.05) is 22.3 Å². The summed E-state index contributed by atoms with van der Waals surface area (Å²) in [4.78, 5) is 12.6. The number of nitrogens with zero attached hydrogens (tertiary/aromatic N) is 3. The average Bonchev–Trinajstić information content (AvgIpc) is 3.20. The molecule has 33 heavy (non-hydrogen) atoms. The molecule has 1 aromatic heterocycles. The predicted octanol–water partition coefficient (Wildman–Crippen LogP) is 6.28. The van der Waals surface area contributed by atoms with E-state index in [0.29, 0.717) is 11.6 Å². The third-order valence-corrected chi connectivity index (χ3v) is 7.25. The second-order valence-electron chi connectivity index (χ2n) is 7.97. The number of benzene rings is 3. The summed E-state index contributed by atoms with van der Waals surface area (Å²) < 4.78 is 3.07.